The van der Waals surface area contributed by atoms with Gasteiger partial charge in [-0.2, -0.15) is 0 Å². The third kappa shape index (κ3) is 1.71. The summed E-state index contributed by atoms with van der Waals surface area (Å²) < 4.78 is 0. The van der Waals surface area contributed by atoms with E-state index in [9.17, 15) is 5.11 Å². The molecule has 0 saturated heterocycles. The molecule has 0 unspecified atom stereocenters. The maximum absolute atomic E-state index is 10.6. The first kappa shape index (κ1) is 13.6. The van der Waals surface area contributed by atoms with Gasteiger partial charge in [-0.3, -0.25) is 0 Å². The van der Waals surface area contributed by atoms with Gasteiger partial charge in [-0.1, -0.05) is 26.7 Å². The van der Waals surface area contributed by atoms with Crippen molar-refractivity contribution in [1.82, 2.24) is 0 Å². The predicted octanol–water partition coefficient (Wildman–Crippen LogP) is 4.78. The molecular formula is C19H32O. The van der Waals surface area contributed by atoms with E-state index < -0.39 is 0 Å². The van der Waals surface area contributed by atoms with Gasteiger partial charge in [0.1, 0.15) is 0 Å². The maximum Gasteiger partial charge on any atom is 0.0576 e. The van der Waals surface area contributed by atoms with E-state index in [4.69, 9.17) is 0 Å². The van der Waals surface area contributed by atoms with E-state index in [0.29, 0.717) is 16.7 Å². The van der Waals surface area contributed by atoms with Crippen molar-refractivity contribution in [2.75, 3.05) is 0 Å². The Morgan fingerprint density at radius 1 is 0.850 bits per heavy atom. The molecule has 0 spiro atoms. The molecule has 0 aliphatic heterocycles. The molecule has 0 amide bonds. The Bertz CT molecular complexity index is 391. The molecule has 20 heavy (non-hydrogen) atoms. The zero-order chi connectivity index (χ0) is 14.0. The van der Waals surface area contributed by atoms with Gasteiger partial charge in [-0.15, -0.1) is 0 Å². The van der Waals surface area contributed by atoms with Crippen LogP contribution in [0.1, 0.15) is 78.1 Å². The van der Waals surface area contributed by atoms with Crippen LogP contribution in [0.5, 0.6) is 0 Å². The summed E-state index contributed by atoms with van der Waals surface area (Å²) in [6.07, 6.45) is 14.0. The smallest absolute Gasteiger partial charge is 0.0576 e. The number of hydrogen-bond acceptors (Lipinski definition) is 1. The van der Waals surface area contributed by atoms with Gasteiger partial charge in [-0.05, 0) is 85.9 Å². The molecule has 114 valence electrons. The van der Waals surface area contributed by atoms with Crippen LogP contribution in [0, 0.1) is 34.5 Å². The van der Waals surface area contributed by atoms with Crippen molar-refractivity contribution in [1.29, 1.82) is 0 Å². The van der Waals surface area contributed by atoms with Gasteiger partial charge >= 0.3 is 0 Å². The molecule has 4 aliphatic rings. The maximum atomic E-state index is 10.6. The largest absolute Gasteiger partial charge is 0.393 e. The van der Waals surface area contributed by atoms with Crippen molar-refractivity contribution in [2.24, 2.45) is 34.5 Å². The normalized spacial score (nSPS) is 58.6. The van der Waals surface area contributed by atoms with Crippen LogP contribution in [-0.4, -0.2) is 11.2 Å². The van der Waals surface area contributed by atoms with Crippen LogP contribution in [-0.2, 0) is 0 Å². The highest BCUT2D eigenvalue weighted by molar-refractivity contribution is 5.08. The first-order chi connectivity index (χ1) is 9.55. The fourth-order valence-corrected chi connectivity index (χ4v) is 7.32. The molecular weight excluding hydrogens is 244 g/mol. The zero-order valence-electron chi connectivity index (χ0n) is 13.4. The lowest BCUT2D eigenvalue weighted by molar-refractivity contribution is -0.122. The zero-order valence-corrected chi connectivity index (χ0v) is 13.4. The fraction of sp³-hybridized carbons (Fsp3) is 1.00. The molecule has 0 bridgehead atoms. The van der Waals surface area contributed by atoms with Crippen LogP contribution in [0.4, 0.5) is 0 Å². The van der Waals surface area contributed by atoms with Gasteiger partial charge < -0.3 is 5.11 Å². The summed E-state index contributed by atoms with van der Waals surface area (Å²) >= 11 is 0. The van der Waals surface area contributed by atoms with E-state index in [-0.39, 0.29) is 6.10 Å². The number of aliphatic hydroxyl groups is 1. The van der Waals surface area contributed by atoms with Crippen molar-refractivity contribution in [3.05, 3.63) is 0 Å². The van der Waals surface area contributed by atoms with Crippen molar-refractivity contribution in [2.45, 2.75) is 84.2 Å². The Hall–Kier alpha value is -0.0400. The van der Waals surface area contributed by atoms with E-state index in [1.54, 1.807) is 0 Å². The minimum absolute atomic E-state index is 0.0107. The van der Waals surface area contributed by atoms with E-state index in [1.807, 2.05) is 0 Å². The number of fused-ring (bicyclic) bond motifs is 5. The highest BCUT2D eigenvalue weighted by Gasteiger charge is 2.59. The topological polar surface area (TPSA) is 20.2 Å². The van der Waals surface area contributed by atoms with Crippen LogP contribution in [0.15, 0.2) is 0 Å². The number of aliphatic hydroxyl groups excluding tert-OH is 1. The lowest BCUT2D eigenvalue weighted by Crippen LogP contribution is -2.53. The van der Waals surface area contributed by atoms with E-state index in [1.165, 1.54) is 57.8 Å². The van der Waals surface area contributed by atoms with Gasteiger partial charge in [0.25, 0.3) is 0 Å². The summed E-state index contributed by atoms with van der Waals surface area (Å²) in [6.45, 7) is 5.11. The van der Waals surface area contributed by atoms with Crippen LogP contribution in [0.25, 0.3) is 0 Å². The van der Waals surface area contributed by atoms with Crippen LogP contribution < -0.4 is 0 Å². The fourth-order valence-electron chi connectivity index (χ4n) is 7.32. The highest BCUT2D eigenvalue weighted by atomic mass is 16.3. The summed E-state index contributed by atoms with van der Waals surface area (Å²) in [4.78, 5) is 0. The average molecular weight is 276 g/mol. The monoisotopic (exact) mass is 276 g/mol. The summed E-state index contributed by atoms with van der Waals surface area (Å²) in [5, 5.41) is 10.6. The predicted molar refractivity (Wildman–Crippen MR) is 82.4 cm³/mol. The van der Waals surface area contributed by atoms with Crippen LogP contribution in [0.3, 0.4) is 0 Å². The quantitative estimate of drug-likeness (QED) is 0.675. The molecule has 0 heterocycles. The Labute approximate surface area is 124 Å². The van der Waals surface area contributed by atoms with Crippen molar-refractivity contribution < 1.29 is 5.11 Å². The Balaban J connectivity index is 1.66. The van der Waals surface area contributed by atoms with Gasteiger partial charge in [-0.25, -0.2) is 0 Å². The second kappa shape index (κ2) is 4.48. The first-order valence-corrected chi connectivity index (χ1v) is 9.23. The molecule has 0 aromatic carbocycles. The van der Waals surface area contributed by atoms with Crippen molar-refractivity contribution in [3.63, 3.8) is 0 Å². The first-order valence-electron chi connectivity index (χ1n) is 9.23. The number of rotatable bonds is 0. The molecule has 4 aliphatic carbocycles. The van der Waals surface area contributed by atoms with Crippen LogP contribution in [0.2, 0.25) is 0 Å². The highest BCUT2D eigenvalue weighted by Crippen LogP contribution is 2.66. The average Bonchev–Trinajstić information content (AvgIpc) is 2.74. The Kier molecular flexibility index (Phi) is 3.05. The Morgan fingerprint density at radius 2 is 1.65 bits per heavy atom. The van der Waals surface area contributed by atoms with Gasteiger partial charge in [0.05, 0.1) is 6.10 Å². The van der Waals surface area contributed by atoms with E-state index in [2.05, 4.69) is 13.8 Å². The third-order valence-electron chi connectivity index (χ3n) is 8.38. The Morgan fingerprint density at radius 3 is 2.50 bits per heavy atom. The summed E-state index contributed by atoms with van der Waals surface area (Å²) in [6, 6.07) is 0. The second-order valence-corrected chi connectivity index (χ2v) is 9.12. The standard InChI is InChI=1S/C19H32O/c1-18-11-8-15-14(17(18)16(20)9-12-18)7-6-13-5-3-4-10-19(13,15)2/h13-17,20H,3-12H2,1-2H3/t13-,14-,15+,16+,17+,18+,19+/m1/s1. The SMILES string of the molecule is C[C@]12CC[C@H](O)[C@@H]1[C@@H]1CC[C@H]3CCCC[C@]3(C)[C@H]1CC2. The van der Waals surface area contributed by atoms with E-state index in [0.717, 1.165) is 24.2 Å². The molecule has 4 fully saturated rings. The van der Waals surface area contributed by atoms with Gasteiger partial charge in [0, 0.05) is 0 Å². The molecule has 1 heteroatoms. The summed E-state index contributed by atoms with van der Waals surface area (Å²) in [5.41, 5.74) is 1.09. The number of hydrogen-bond donors (Lipinski definition) is 1. The van der Waals surface area contributed by atoms with Gasteiger partial charge in [0.2, 0.25) is 0 Å². The van der Waals surface area contributed by atoms with Crippen molar-refractivity contribution >= 4 is 0 Å². The lowest BCUT2D eigenvalue weighted by Gasteiger charge is -2.60. The molecule has 7 atom stereocenters. The minimum atomic E-state index is 0.0107. The summed E-state index contributed by atoms with van der Waals surface area (Å²) in [5.74, 6) is 3.39. The second-order valence-electron chi connectivity index (χ2n) is 9.12. The summed E-state index contributed by atoms with van der Waals surface area (Å²) in [7, 11) is 0. The third-order valence-corrected chi connectivity index (χ3v) is 8.38. The molecule has 4 rings (SSSR count). The lowest BCUT2D eigenvalue weighted by atomic mass is 9.45. The van der Waals surface area contributed by atoms with Gasteiger partial charge in [0.15, 0.2) is 0 Å². The van der Waals surface area contributed by atoms with Crippen LogP contribution >= 0.6 is 0 Å². The molecule has 0 radical (unpaired) electrons. The van der Waals surface area contributed by atoms with E-state index >= 15 is 0 Å². The van der Waals surface area contributed by atoms with Crippen molar-refractivity contribution in [3.8, 4) is 0 Å². The molecule has 4 saturated carbocycles. The molecule has 1 N–H and O–H groups in total. The molecule has 0 aromatic rings. The minimum Gasteiger partial charge on any atom is -0.393 e. The molecule has 1 nitrogen and oxygen atoms in total. The molecule has 0 aromatic heterocycles.